The molecule has 1 heterocycles. The number of amides is 1. The van der Waals surface area contributed by atoms with Gasteiger partial charge in [0, 0.05) is 25.0 Å². The highest BCUT2D eigenvalue weighted by molar-refractivity contribution is 5.92. The van der Waals surface area contributed by atoms with Crippen LogP contribution in [0.2, 0.25) is 0 Å². The molecule has 0 spiro atoms. The number of carbonyl (C=O) groups excluding carboxylic acids is 1. The molecule has 0 N–H and O–H groups in total. The number of hydrogen-bond donors (Lipinski definition) is 0. The molecule has 0 unspecified atom stereocenters. The first-order valence-electron chi connectivity index (χ1n) is 8.76. The molecule has 7 heteroatoms. The molecule has 1 amide bonds. The highest BCUT2D eigenvalue weighted by Crippen LogP contribution is 2.35. The number of nitrogens with zero attached hydrogens (tertiary/aromatic N) is 2. The van der Waals surface area contributed by atoms with Crippen LogP contribution in [-0.2, 0) is 6.54 Å². The minimum absolute atomic E-state index is 0.177. The average Bonchev–Trinajstić information content (AvgIpc) is 2.66. The average molecular weight is 362 g/mol. The van der Waals surface area contributed by atoms with Crippen molar-refractivity contribution in [3.8, 4) is 17.2 Å². The SMILES string of the molecule is CCCN(CC)C(=O)Oc1cn(CC)c(=O)c2cc(OC)c(OC)cc12. The van der Waals surface area contributed by atoms with E-state index in [1.54, 1.807) is 23.2 Å². The third kappa shape index (κ3) is 3.76. The molecule has 0 fully saturated rings. The van der Waals surface area contributed by atoms with Crippen LogP contribution in [-0.4, -0.2) is 42.9 Å². The normalized spacial score (nSPS) is 10.7. The quantitative estimate of drug-likeness (QED) is 0.756. The van der Waals surface area contributed by atoms with Gasteiger partial charge in [-0.1, -0.05) is 6.92 Å². The van der Waals surface area contributed by atoms with Gasteiger partial charge in [-0.15, -0.1) is 0 Å². The Kier molecular flexibility index (Phi) is 6.49. The van der Waals surface area contributed by atoms with E-state index < -0.39 is 6.09 Å². The summed E-state index contributed by atoms with van der Waals surface area (Å²) in [5, 5.41) is 0.923. The Morgan fingerprint density at radius 3 is 2.15 bits per heavy atom. The van der Waals surface area contributed by atoms with E-state index in [1.807, 2.05) is 20.8 Å². The number of ether oxygens (including phenoxy) is 3. The molecule has 0 aliphatic heterocycles. The van der Waals surface area contributed by atoms with Crippen molar-refractivity contribution >= 4 is 16.9 Å². The van der Waals surface area contributed by atoms with E-state index in [-0.39, 0.29) is 5.56 Å². The van der Waals surface area contributed by atoms with Crippen molar-refractivity contribution in [2.24, 2.45) is 0 Å². The summed E-state index contributed by atoms with van der Waals surface area (Å²) in [6.45, 7) is 7.37. The Bertz CT molecular complexity index is 844. The van der Waals surface area contributed by atoms with E-state index in [2.05, 4.69) is 0 Å². The van der Waals surface area contributed by atoms with Crippen molar-refractivity contribution in [2.45, 2.75) is 33.7 Å². The summed E-state index contributed by atoms with van der Waals surface area (Å²) >= 11 is 0. The van der Waals surface area contributed by atoms with Crippen LogP contribution in [0.5, 0.6) is 17.2 Å². The van der Waals surface area contributed by atoms with Gasteiger partial charge in [-0.05, 0) is 32.4 Å². The fourth-order valence-corrected chi connectivity index (χ4v) is 2.81. The second-order valence-electron chi connectivity index (χ2n) is 5.78. The van der Waals surface area contributed by atoms with Gasteiger partial charge in [0.25, 0.3) is 5.56 Å². The Balaban J connectivity index is 2.62. The summed E-state index contributed by atoms with van der Waals surface area (Å²) in [6, 6.07) is 3.28. The lowest BCUT2D eigenvalue weighted by Gasteiger charge is -2.20. The molecule has 1 aromatic carbocycles. The van der Waals surface area contributed by atoms with Crippen molar-refractivity contribution < 1.29 is 19.0 Å². The number of fused-ring (bicyclic) bond motifs is 1. The Morgan fingerprint density at radius 1 is 1.04 bits per heavy atom. The molecule has 7 nitrogen and oxygen atoms in total. The van der Waals surface area contributed by atoms with Crippen molar-refractivity contribution in [3.63, 3.8) is 0 Å². The molecule has 2 rings (SSSR count). The van der Waals surface area contributed by atoms with Crippen molar-refractivity contribution in [1.82, 2.24) is 9.47 Å². The number of hydrogen-bond acceptors (Lipinski definition) is 5. The van der Waals surface area contributed by atoms with Crippen LogP contribution in [0, 0.1) is 0 Å². The predicted molar refractivity (Wildman–Crippen MR) is 101 cm³/mol. The van der Waals surface area contributed by atoms with Crippen LogP contribution in [0.3, 0.4) is 0 Å². The summed E-state index contributed by atoms with van der Waals surface area (Å²) in [6.07, 6.45) is 1.96. The Morgan fingerprint density at radius 2 is 1.65 bits per heavy atom. The van der Waals surface area contributed by atoms with Gasteiger partial charge in [0.05, 0.1) is 25.8 Å². The maximum absolute atomic E-state index is 12.7. The van der Waals surface area contributed by atoms with Gasteiger partial charge in [0.2, 0.25) is 0 Å². The zero-order valence-electron chi connectivity index (χ0n) is 16.0. The first-order valence-corrected chi connectivity index (χ1v) is 8.76. The molecule has 142 valence electrons. The summed E-state index contributed by atoms with van der Waals surface area (Å²) in [5.74, 6) is 1.23. The van der Waals surface area contributed by atoms with Crippen molar-refractivity contribution in [3.05, 3.63) is 28.7 Å². The molecule has 0 aliphatic rings. The van der Waals surface area contributed by atoms with Crippen LogP contribution < -0.4 is 19.8 Å². The third-order valence-electron chi connectivity index (χ3n) is 4.22. The highest BCUT2D eigenvalue weighted by Gasteiger charge is 2.19. The van der Waals surface area contributed by atoms with Crippen LogP contribution in [0.1, 0.15) is 27.2 Å². The van der Waals surface area contributed by atoms with E-state index in [1.165, 1.54) is 18.8 Å². The summed E-state index contributed by atoms with van der Waals surface area (Å²) in [7, 11) is 3.03. The van der Waals surface area contributed by atoms with Gasteiger partial charge in [0.1, 0.15) is 0 Å². The number of rotatable bonds is 7. The van der Waals surface area contributed by atoms with E-state index in [0.717, 1.165) is 6.42 Å². The second kappa shape index (κ2) is 8.60. The number of benzene rings is 1. The Hall–Kier alpha value is -2.70. The standard InChI is InChI=1S/C19H26N2O5/c1-6-9-20(7-2)19(23)26-17-12-21(8-3)18(22)14-11-16(25-5)15(24-4)10-13(14)17/h10-12H,6-9H2,1-5H3. The fraction of sp³-hybridized carbons (Fsp3) is 0.474. The zero-order valence-corrected chi connectivity index (χ0v) is 16.0. The van der Waals surface area contributed by atoms with E-state index in [4.69, 9.17) is 14.2 Å². The maximum Gasteiger partial charge on any atom is 0.415 e. The van der Waals surface area contributed by atoms with Gasteiger partial charge in [-0.25, -0.2) is 4.79 Å². The fourth-order valence-electron chi connectivity index (χ4n) is 2.81. The lowest BCUT2D eigenvalue weighted by molar-refractivity contribution is 0.155. The molecule has 1 aromatic heterocycles. The van der Waals surface area contributed by atoms with Gasteiger partial charge >= 0.3 is 6.09 Å². The van der Waals surface area contributed by atoms with Crippen LogP contribution in [0.25, 0.3) is 10.8 Å². The zero-order chi connectivity index (χ0) is 19.3. The number of aryl methyl sites for hydroxylation is 1. The summed E-state index contributed by atoms with van der Waals surface area (Å²) in [4.78, 5) is 26.8. The molecule has 2 aromatic rings. The first kappa shape index (κ1) is 19.6. The van der Waals surface area contributed by atoms with Gasteiger partial charge in [-0.3, -0.25) is 4.79 Å². The maximum atomic E-state index is 12.7. The predicted octanol–water partition coefficient (Wildman–Crippen LogP) is 3.27. The van der Waals surface area contributed by atoms with Crippen molar-refractivity contribution in [1.29, 1.82) is 0 Å². The van der Waals surface area contributed by atoms with Gasteiger partial charge in [0.15, 0.2) is 17.2 Å². The molecule has 0 radical (unpaired) electrons. The van der Waals surface area contributed by atoms with Crippen LogP contribution in [0.15, 0.2) is 23.1 Å². The molecular formula is C19H26N2O5. The first-order chi connectivity index (χ1) is 12.5. The Labute approximate surface area is 153 Å². The number of methoxy groups -OCH3 is 2. The van der Waals surface area contributed by atoms with Crippen LogP contribution >= 0.6 is 0 Å². The summed E-state index contributed by atoms with van der Waals surface area (Å²) < 4.78 is 17.8. The van der Waals surface area contributed by atoms with Gasteiger partial charge in [-0.2, -0.15) is 0 Å². The minimum atomic E-state index is -0.438. The van der Waals surface area contributed by atoms with E-state index >= 15 is 0 Å². The number of pyridine rings is 1. The molecule has 0 atom stereocenters. The topological polar surface area (TPSA) is 70.0 Å². The van der Waals surface area contributed by atoms with Crippen molar-refractivity contribution in [2.75, 3.05) is 27.3 Å². The molecule has 0 saturated carbocycles. The molecule has 0 saturated heterocycles. The second-order valence-corrected chi connectivity index (χ2v) is 5.78. The number of carbonyl (C=O) groups is 1. The van der Waals surface area contributed by atoms with E-state index in [9.17, 15) is 9.59 Å². The summed E-state index contributed by atoms with van der Waals surface area (Å²) in [5.41, 5.74) is -0.177. The van der Waals surface area contributed by atoms with E-state index in [0.29, 0.717) is 47.7 Å². The minimum Gasteiger partial charge on any atom is -0.493 e. The lowest BCUT2D eigenvalue weighted by Crippen LogP contribution is -2.34. The third-order valence-corrected chi connectivity index (χ3v) is 4.22. The number of aromatic nitrogens is 1. The monoisotopic (exact) mass is 362 g/mol. The smallest absolute Gasteiger partial charge is 0.415 e. The molecule has 0 aliphatic carbocycles. The largest absolute Gasteiger partial charge is 0.493 e. The lowest BCUT2D eigenvalue weighted by atomic mass is 10.1. The molecule has 26 heavy (non-hydrogen) atoms. The van der Waals surface area contributed by atoms with Gasteiger partial charge < -0.3 is 23.7 Å². The highest BCUT2D eigenvalue weighted by atomic mass is 16.6. The molecule has 0 bridgehead atoms. The molecular weight excluding hydrogens is 336 g/mol. The van der Waals surface area contributed by atoms with Crippen LogP contribution in [0.4, 0.5) is 4.79 Å².